The van der Waals surface area contributed by atoms with Crippen LogP contribution in [-0.4, -0.2) is 36.7 Å². The minimum absolute atomic E-state index is 0.227. The van der Waals surface area contributed by atoms with Crippen LogP contribution in [0.4, 0.5) is 0 Å². The van der Waals surface area contributed by atoms with Crippen molar-refractivity contribution in [3.8, 4) is 5.75 Å². The summed E-state index contributed by atoms with van der Waals surface area (Å²) < 4.78 is 6.28. The third-order valence-electron chi connectivity index (χ3n) is 6.38. The number of benzene rings is 3. The summed E-state index contributed by atoms with van der Waals surface area (Å²) in [5.74, 6) is 0.906. The number of unbranched alkanes of at least 4 members (excludes halogenated alkanes) is 3. The molecule has 1 atom stereocenters. The van der Waals surface area contributed by atoms with E-state index in [1.807, 2.05) is 30.3 Å². The lowest BCUT2D eigenvalue weighted by atomic mass is 10.0. The molecule has 192 valence electrons. The molecule has 0 fully saturated rings. The second-order valence-corrected chi connectivity index (χ2v) is 9.46. The molecule has 0 heterocycles. The van der Waals surface area contributed by atoms with Crippen LogP contribution >= 0.6 is 0 Å². The van der Waals surface area contributed by atoms with Crippen molar-refractivity contribution in [3.63, 3.8) is 0 Å². The molecule has 0 bridgehead atoms. The Kier molecular flexibility index (Phi) is 12.2. The highest BCUT2D eigenvalue weighted by Gasteiger charge is 2.09. The van der Waals surface area contributed by atoms with Gasteiger partial charge in [0.2, 0.25) is 0 Å². The summed E-state index contributed by atoms with van der Waals surface area (Å²) in [7, 11) is 0. The van der Waals surface area contributed by atoms with Crippen molar-refractivity contribution in [2.45, 2.75) is 57.9 Å². The van der Waals surface area contributed by atoms with Crippen LogP contribution < -0.4 is 15.5 Å². The molecule has 0 radical (unpaired) electrons. The van der Waals surface area contributed by atoms with E-state index in [9.17, 15) is 0 Å². The highest BCUT2D eigenvalue weighted by atomic mass is 16.5. The number of fused-ring (bicyclic) bond motifs is 1. The Morgan fingerprint density at radius 3 is 2.58 bits per heavy atom. The molecule has 5 nitrogen and oxygen atoms in total. The van der Waals surface area contributed by atoms with Crippen LogP contribution in [-0.2, 0) is 6.42 Å². The van der Waals surface area contributed by atoms with E-state index in [4.69, 9.17) is 15.4 Å². The van der Waals surface area contributed by atoms with Gasteiger partial charge in [0, 0.05) is 36.7 Å². The number of rotatable bonds is 17. The lowest BCUT2D eigenvalue weighted by Gasteiger charge is -2.17. The zero-order chi connectivity index (χ0) is 25.4. The van der Waals surface area contributed by atoms with Gasteiger partial charge in [-0.15, -0.1) is 0 Å². The Bertz CT molecular complexity index is 1080. The molecule has 0 saturated carbocycles. The zero-order valence-corrected chi connectivity index (χ0v) is 21.5. The molecule has 0 spiro atoms. The van der Waals surface area contributed by atoms with Crippen LogP contribution in [0, 0.1) is 5.41 Å². The maximum absolute atomic E-state index is 8.74. The molecule has 0 aromatic heterocycles. The molecular formula is C31H41N3O2. The number of hydrogen-bond donors (Lipinski definition) is 4. The van der Waals surface area contributed by atoms with Crippen molar-refractivity contribution in [3.05, 3.63) is 90.0 Å². The molecule has 5 heteroatoms. The van der Waals surface area contributed by atoms with E-state index < -0.39 is 0 Å². The Labute approximate surface area is 216 Å². The molecule has 0 amide bonds. The number of ether oxygens (including phenoxy) is 1. The number of allylic oxidation sites excluding steroid dienone is 1. The first-order valence-electron chi connectivity index (χ1n) is 13.1. The van der Waals surface area contributed by atoms with E-state index >= 15 is 0 Å². The summed E-state index contributed by atoms with van der Waals surface area (Å²) in [4.78, 5) is 0. The fourth-order valence-corrected chi connectivity index (χ4v) is 4.29. The van der Waals surface area contributed by atoms with E-state index in [2.05, 4.69) is 66.3 Å². The fourth-order valence-electron chi connectivity index (χ4n) is 4.29. The standard InChI is InChI=1S/C31H41N3O2/c1-25(22-29(32)20-19-26-12-6-4-7-13-26)33-23-27(14-5-2-3-10-21-34-35)24-36-31-18-11-16-28-15-8-9-17-30(28)31/h4,6-9,11-18,25,32-35H,2-3,5,10,19-24H2,1H3/b27-14+,32-29?. The second-order valence-electron chi connectivity index (χ2n) is 9.46. The molecule has 0 aliphatic carbocycles. The Balaban J connectivity index is 1.51. The molecule has 3 aromatic rings. The molecule has 0 aliphatic rings. The third kappa shape index (κ3) is 9.94. The summed E-state index contributed by atoms with van der Waals surface area (Å²) in [6.45, 7) is 4.08. The van der Waals surface area contributed by atoms with Crippen molar-refractivity contribution in [1.82, 2.24) is 10.8 Å². The predicted octanol–water partition coefficient (Wildman–Crippen LogP) is 6.70. The highest BCUT2D eigenvalue weighted by molar-refractivity contribution is 5.88. The SMILES string of the molecule is CC(CC(=N)CCc1ccccc1)NC/C(=C\CCCCCNO)COc1cccc2ccccc12. The van der Waals surface area contributed by atoms with Gasteiger partial charge in [0.15, 0.2) is 0 Å². The van der Waals surface area contributed by atoms with Gasteiger partial charge in [-0.3, -0.25) is 0 Å². The molecule has 36 heavy (non-hydrogen) atoms. The van der Waals surface area contributed by atoms with Crippen molar-refractivity contribution in [1.29, 1.82) is 5.41 Å². The maximum Gasteiger partial charge on any atom is 0.127 e. The van der Waals surface area contributed by atoms with Crippen molar-refractivity contribution >= 4 is 16.5 Å². The molecule has 1 unspecified atom stereocenters. The number of hydroxylamine groups is 1. The quantitative estimate of drug-likeness (QED) is 0.0739. The summed E-state index contributed by atoms with van der Waals surface area (Å²) in [5, 5.41) is 23.1. The lowest BCUT2D eigenvalue weighted by molar-refractivity contribution is 0.164. The molecule has 3 aromatic carbocycles. The van der Waals surface area contributed by atoms with Crippen LogP contribution in [0.15, 0.2) is 84.4 Å². The van der Waals surface area contributed by atoms with E-state index in [0.29, 0.717) is 13.2 Å². The second kappa shape index (κ2) is 15.9. The Morgan fingerprint density at radius 1 is 0.972 bits per heavy atom. The van der Waals surface area contributed by atoms with Gasteiger partial charge in [-0.1, -0.05) is 79.2 Å². The molecule has 4 N–H and O–H groups in total. The smallest absolute Gasteiger partial charge is 0.127 e. The minimum atomic E-state index is 0.227. The zero-order valence-electron chi connectivity index (χ0n) is 21.5. The van der Waals surface area contributed by atoms with Gasteiger partial charge in [0.05, 0.1) is 0 Å². The summed E-state index contributed by atoms with van der Waals surface area (Å²) in [6, 6.07) is 25.1. The van der Waals surface area contributed by atoms with Gasteiger partial charge in [0.1, 0.15) is 12.4 Å². The van der Waals surface area contributed by atoms with Crippen molar-refractivity contribution in [2.24, 2.45) is 0 Å². The van der Waals surface area contributed by atoms with E-state index in [-0.39, 0.29) is 6.04 Å². The Hall–Kier alpha value is -2.99. The van der Waals surface area contributed by atoms with E-state index in [0.717, 1.165) is 68.3 Å². The van der Waals surface area contributed by atoms with Crippen LogP contribution in [0.5, 0.6) is 5.75 Å². The van der Waals surface area contributed by atoms with Crippen LogP contribution in [0.2, 0.25) is 0 Å². The van der Waals surface area contributed by atoms with E-state index in [1.54, 1.807) is 0 Å². The summed E-state index contributed by atoms with van der Waals surface area (Å²) >= 11 is 0. The third-order valence-corrected chi connectivity index (χ3v) is 6.38. The minimum Gasteiger partial charge on any atom is -0.489 e. The number of aryl methyl sites for hydroxylation is 1. The molecule has 0 saturated heterocycles. The molecule has 3 rings (SSSR count). The fraction of sp³-hybridized carbons (Fsp3) is 0.387. The van der Waals surface area contributed by atoms with Gasteiger partial charge in [-0.05, 0) is 61.6 Å². The van der Waals surface area contributed by atoms with Crippen molar-refractivity contribution < 1.29 is 9.94 Å². The van der Waals surface area contributed by atoms with Gasteiger partial charge < -0.3 is 20.7 Å². The summed E-state index contributed by atoms with van der Waals surface area (Å²) in [6.07, 6.45) is 8.86. The van der Waals surface area contributed by atoms with Crippen LogP contribution in [0.25, 0.3) is 10.8 Å². The predicted molar refractivity (Wildman–Crippen MR) is 150 cm³/mol. The first-order valence-corrected chi connectivity index (χ1v) is 13.1. The van der Waals surface area contributed by atoms with Gasteiger partial charge >= 0.3 is 0 Å². The van der Waals surface area contributed by atoms with Crippen LogP contribution in [0.1, 0.15) is 51.0 Å². The van der Waals surface area contributed by atoms with E-state index in [1.165, 1.54) is 16.5 Å². The summed E-state index contributed by atoms with van der Waals surface area (Å²) in [5.41, 5.74) is 5.52. The highest BCUT2D eigenvalue weighted by Crippen LogP contribution is 2.25. The van der Waals surface area contributed by atoms with Gasteiger partial charge in [-0.2, -0.15) is 0 Å². The normalized spacial score (nSPS) is 12.6. The first-order chi connectivity index (χ1) is 17.7. The maximum atomic E-state index is 8.74. The largest absolute Gasteiger partial charge is 0.489 e. The van der Waals surface area contributed by atoms with Gasteiger partial charge in [-0.25, -0.2) is 5.48 Å². The van der Waals surface area contributed by atoms with Crippen LogP contribution in [0.3, 0.4) is 0 Å². The monoisotopic (exact) mass is 487 g/mol. The molecule has 0 aliphatic heterocycles. The topological polar surface area (TPSA) is 77.4 Å². The van der Waals surface area contributed by atoms with Crippen molar-refractivity contribution in [2.75, 3.05) is 19.7 Å². The average molecular weight is 488 g/mol. The Morgan fingerprint density at radius 2 is 1.75 bits per heavy atom. The lowest BCUT2D eigenvalue weighted by Crippen LogP contribution is -2.31. The number of hydrogen-bond acceptors (Lipinski definition) is 5. The van der Waals surface area contributed by atoms with Gasteiger partial charge in [0.25, 0.3) is 0 Å². The first kappa shape index (κ1) is 27.6. The average Bonchev–Trinajstić information content (AvgIpc) is 2.91. The number of nitrogens with one attached hydrogen (secondary N) is 3. The molecular weight excluding hydrogens is 446 g/mol.